The van der Waals surface area contributed by atoms with E-state index in [1.165, 1.54) is 12.8 Å². The number of rotatable bonds is 3. The first-order chi connectivity index (χ1) is 11.1. The Kier molecular flexibility index (Phi) is 4.82. The molecule has 0 atom stereocenters. The zero-order valence-corrected chi connectivity index (χ0v) is 13.9. The van der Waals surface area contributed by atoms with E-state index in [0.29, 0.717) is 16.3 Å². The summed E-state index contributed by atoms with van der Waals surface area (Å²) in [5.41, 5.74) is 1.22. The Morgan fingerprint density at radius 1 is 1.26 bits per heavy atom. The van der Waals surface area contributed by atoms with E-state index in [4.69, 9.17) is 11.6 Å². The molecule has 2 heterocycles. The smallest absolute Gasteiger partial charge is 0.257 e. The molecule has 0 aliphatic carbocycles. The summed E-state index contributed by atoms with van der Waals surface area (Å²) in [6.07, 6.45) is 4.02. The van der Waals surface area contributed by atoms with Crippen LogP contribution in [-0.4, -0.2) is 24.0 Å². The maximum atomic E-state index is 12.2. The number of hydrogen-bond donors (Lipinski definition) is 1. The summed E-state index contributed by atoms with van der Waals surface area (Å²) in [6, 6.07) is 10.8. The number of nitrogens with zero attached hydrogens (tertiary/aromatic N) is 2. The SMILES string of the molecule is CC1CCN(c2ccc(C(=O)Nc3cccc(Cl)c3)cn2)CC1. The molecule has 0 radical (unpaired) electrons. The molecule has 1 aromatic carbocycles. The van der Waals surface area contributed by atoms with E-state index >= 15 is 0 Å². The highest BCUT2D eigenvalue weighted by molar-refractivity contribution is 6.30. The Balaban J connectivity index is 1.65. The standard InChI is InChI=1S/C18H20ClN3O/c1-13-7-9-22(10-8-13)17-6-5-14(12-20-17)18(23)21-16-4-2-3-15(19)11-16/h2-6,11-13H,7-10H2,1H3,(H,21,23). The molecule has 1 N–H and O–H groups in total. The van der Waals surface area contributed by atoms with Gasteiger partial charge >= 0.3 is 0 Å². The van der Waals surface area contributed by atoms with Crippen molar-refractivity contribution in [3.8, 4) is 0 Å². The van der Waals surface area contributed by atoms with Crippen LogP contribution in [0.25, 0.3) is 0 Å². The molecule has 0 bridgehead atoms. The van der Waals surface area contributed by atoms with Crippen molar-refractivity contribution in [1.82, 2.24) is 4.98 Å². The first-order valence-corrected chi connectivity index (χ1v) is 8.27. The largest absolute Gasteiger partial charge is 0.357 e. The van der Waals surface area contributed by atoms with Crippen LogP contribution in [0.4, 0.5) is 11.5 Å². The lowest BCUT2D eigenvalue weighted by Gasteiger charge is -2.31. The average Bonchev–Trinajstić information content (AvgIpc) is 2.56. The minimum absolute atomic E-state index is 0.182. The molecule has 1 saturated heterocycles. The maximum Gasteiger partial charge on any atom is 0.257 e. The van der Waals surface area contributed by atoms with Crippen molar-refractivity contribution in [2.45, 2.75) is 19.8 Å². The van der Waals surface area contributed by atoms with E-state index in [-0.39, 0.29) is 5.91 Å². The van der Waals surface area contributed by atoms with Crippen LogP contribution in [-0.2, 0) is 0 Å². The van der Waals surface area contributed by atoms with E-state index in [0.717, 1.165) is 24.8 Å². The van der Waals surface area contributed by atoms with Crippen LogP contribution < -0.4 is 10.2 Å². The monoisotopic (exact) mass is 329 g/mol. The predicted molar refractivity (Wildman–Crippen MR) is 94.3 cm³/mol. The van der Waals surface area contributed by atoms with Gasteiger partial charge in [0.15, 0.2) is 0 Å². The third-order valence-corrected chi connectivity index (χ3v) is 4.44. The van der Waals surface area contributed by atoms with E-state index < -0.39 is 0 Å². The van der Waals surface area contributed by atoms with E-state index in [1.54, 1.807) is 30.5 Å². The van der Waals surface area contributed by atoms with Gasteiger partial charge in [-0.05, 0) is 49.1 Å². The number of benzene rings is 1. The summed E-state index contributed by atoms with van der Waals surface area (Å²) in [5, 5.41) is 3.42. The zero-order valence-electron chi connectivity index (χ0n) is 13.1. The molecule has 23 heavy (non-hydrogen) atoms. The number of anilines is 2. The lowest BCUT2D eigenvalue weighted by atomic mass is 9.99. The summed E-state index contributed by atoms with van der Waals surface area (Å²) in [4.78, 5) is 19.0. The third kappa shape index (κ3) is 4.02. The number of halogens is 1. The van der Waals surface area contributed by atoms with Gasteiger partial charge in [-0.3, -0.25) is 4.79 Å². The van der Waals surface area contributed by atoms with Crippen molar-refractivity contribution < 1.29 is 4.79 Å². The van der Waals surface area contributed by atoms with Gasteiger partial charge in [0.05, 0.1) is 5.56 Å². The molecule has 3 rings (SSSR count). The van der Waals surface area contributed by atoms with Crippen LogP contribution in [0.3, 0.4) is 0 Å². The van der Waals surface area contributed by atoms with Crippen molar-refractivity contribution in [1.29, 1.82) is 0 Å². The Labute approximate surface area is 141 Å². The molecule has 1 fully saturated rings. The Hall–Kier alpha value is -2.07. The van der Waals surface area contributed by atoms with Crippen LogP contribution in [0.2, 0.25) is 5.02 Å². The molecule has 0 saturated carbocycles. The summed E-state index contributed by atoms with van der Waals surface area (Å²) in [6.45, 7) is 4.35. The fraction of sp³-hybridized carbons (Fsp3) is 0.333. The maximum absolute atomic E-state index is 12.2. The third-order valence-electron chi connectivity index (χ3n) is 4.20. The van der Waals surface area contributed by atoms with Crippen molar-refractivity contribution in [3.05, 3.63) is 53.2 Å². The molecule has 0 unspecified atom stereocenters. The van der Waals surface area contributed by atoms with E-state index in [2.05, 4.69) is 22.1 Å². The average molecular weight is 330 g/mol. The molecule has 1 aliphatic rings. The number of amides is 1. The summed E-state index contributed by atoms with van der Waals surface area (Å²) < 4.78 is 0. The normalized spacial score (nSPS) is 15.5. The quantitative estimate of drug-likeness (QED) is 0.916. The van der Waals surface area contributed by atoms with Crippen LogP contribution in [0.15, 0.2) is 42.6 Å². The molecule has 1 aromatic heterocycles. The number of nitrogens with one attached hydrogen (secondary N) is 1. The Bertz CT molecular complexity index is 679. The topological polar surface area (TPSA) is 45.2 Å². The molecular formula is C18H20ClN3O. The van der Waals surface area contributed by atoms with Crippen LogP contribution in [0.1, 0.15) is 30.1 Å². The molecule has 2 aromatic rings. The second kappa shape index (κ2) is 7.01. The molecule has 0 spiro atoms. The second-order valence-electron chi connectivity index (χ2n) is 6.04. The van der Waals surface area contributed by atoms with Gasteiger partial charge in [0.25, 0.3) is 5.91 Å². The van der Waals surface area contributed by atoms with Crippen molar-refractivity contribution in [2.75, 3.05) is 23.3 Å². The van der Waals surface area contributed by atoms with Gasteiger partial charge in [0, 0.05) is 30.0 Å². The van der Waals surface area contributed by atoms with Crippen molar-refractivity contribution in [3.63, 3.8) is 0 Å². The Morgan fingerprint density at radius 3 is 2.70 bits per heavy atom. The second-order valence-corrected chi connectivity index (χ2v) is 6.48. The summed E-state index contributed by atoms with van der Waals surface area (Å²) in [7, 11) is 0. The first kappa shape index (κ1) is 15.8. The van der Waals surface area contributed by atoms with Gasteiger partial charge in [-0.15, -0.1) is 0 Å². The lowest BCUT2D eigenvalue weighted by Crippen LogP contribution is -2.33. The van der Waals surface area contributed by atoms with Crippen LogP contribution >= 0.6 is 11.6 Å². The van der Waals surface area contributed by atoms with Gasteiger partial charge in [-0.1, -0.05) is 24.6 Å². The number of carbonyl (C=O) groups is 1. The van der Waals surface area contributed by atoms with Crippen molar-refractivity contribution in [2.24, 2.45) is 5.92 Å². The predicted octanol–water partition coefficient (Wildman–Crippen LogP) is 4.22. The van der Waals surface area contributed by atoms with Gasteiger partial charge in [0.2, 0.25) is 0 Å². The molecule has 4 nitrogen and oxygen atoms in total. The van der Waals surface area contributed by atoms with E-state index in [9.17, 15) is 4.79 Å². The number of aromatic nitrogens is 1. The summed E-state index contributed by atoms with van der Waals surface area (Å²) in [5.74, 6) is 1.55. The van der Waals surface area contributed by atoms with Gasteiger partial charge in [-0.2, -0.15) is 0 Å². The molecule has 1 aliphatic heterocycles. The highest BCUT2D eigenvalue weighted by Gasteiger charge is 2.17. The Morgan fingerprint density at radius 2 is 2.04 bits per heavy atom. The van der Waals surface area contributed by atoms with Crippen LogP contribution in [0, 0.1) is 5.92 Å². The van der Waals surface area contributed by atoms with Crippen molar-refractivity contribution >= 4 is 29.0 Å². The van der Waals surface area contributed by atoms with E-state index in [1.807, 2.05) is 12.1 Å². The molecular weight excluding hydrogens is 310 g/mol. The fourth-order valence-electron chi connectivity index (χ4n) is 2.71. The number of piperidine rings is 1. The number of carbonyl (C=O) groups excluding carboxylic acids is 1. The first-order valence-electron chi connectivity index (χ1n) is 7.90. The number of hydrogen-bond acceptors (Lipinski definition) is 3. The van der Waals surface area contributed by atoms with Crippen LogP contribution in [0.5, 0.6) is 0 Å². The summed E-state index contributed by atoms with van der Waals surface area (Å²) >= 11 is 5.92. The zero-order chi connectivity index (χ0) is 16.2. The molecule has 120 valence electrons. The molecule has 5 heteroatoms. The highest BCUT2D eigenvalue weighted by Crippen LogP contribution is 2.21. The minimum atomic E-state index is -0.182. The van der Waals surface area contributed by atoms with Gasteiger partial charge in [-0.25, -0.2) is 4.98 Å². The molecule has 1 amide bonds. The van der Waals surface area contributed by atoms with Gasteiger partial charge in [0.1, 0.15) is 5.82 Å². The lowest BCUT2D eigenvalue weighted by molar-refractivity contribution is 0.102. The van der Waals surface area contributed by atoms with Gasteiger partial charge < -0.3 is 10.2 Å². The fourth-order valence-corrected chi connectivity index (χ4v) is 2.90. The minimum Gasteiger partial charge on any atom is -0.357 e. The highest BCUT2D eigenvalue weighted by atomic mass is 35.5. The number of pyridine rings is 1.